The first kappa shape index (κ1) is 13.9. The van der Waals surface area contributed by atoms with Crippen molar-refractivity contribution in [2.45, 2.75) is 13.0 Å². The number of carbonyl (C=O) groups is 2. The molecule has 6 nitrogen and oxygen atoms in total. The van der Waals surface area contributed by atoms with Crippen LogP contribution in [-0.4, -0.2) is 29.3 Å². The Morgan fingerprint density at radius 1 is 1.45 bits per heavy atom. The van der Waals surface area contributed by atoms with E-state index in [1.165, 1.54) is 7.11 Å². The highest BCUT2D eigenvalue weighted by Gasteiger charge is 2.23. The van der Waals surface area contributed by atoms with Crippen molar-refractivity contribution in [1.82, 2.24) is 9.97 Å². The van der Waals surface area contributed by atoms with Gasteiger partial charge in [-0.05, 0) is 6.07 Å². The second-order valence-corrected chi connectivity index (χ2v) is 3.91. The van der Waals surface area contributed by atoms with Gasteiger partial charge in [0.2, 0.25) is 5.88 Å². The summed E-state index contributed by atoms with van der Waals surface area (Å²) in [5, 5.41) is 0. The first-order valence-corrected chi connectivity index (χ1v) is 5.68. The van der Waals surface area contributed by atoms with Crippen molar-refractivity contribution in [1.29, 1.82) is 0 Å². The van der Waals surface area contributed by atoms with Crippen LogP contribution in [0.1, 0.15) is 18.6 Å². The van der Waals surface area contributed by atoms with Gasteiger partial charge in [0.15, 0.2) is 18.2 Å². The van der Waals surface area contributed by atoms with Crippen molar-refractivity contribution in [2.75, 3.05) is 7.11 Å². The third-order valence-corrected chi connectivity index (χ3v) is 2.59. The molecule has 0 aliphatic rings. The Balaban J connectivity index is 2.67. The fourth-order valence-electron chi connectivity index (χ4n) is 1.76. The molecule has 2 aromatic rings. The fourth-order valence-corrected chi connectivity index (χ4v) is 1.76. The van der Waals surface area contributed by atoms with Gasteiger partial charge in [-0.3, -0.25) is 14.6 Å². The quantitative estimate of drug-likeness (QED) is 0.624. The van der Waals surface area contributed by atoms with Crippen LogP contribution in [0.25, 0.3) is 11.0 Å². The largest absolute Gasteiger partial charge is 0.481 e. The first-order chi connectivity index (χ1) is 9.56. The van der Waals surface area contributed by atoms with E-state index in [0.717, 1.165) is 13.1 Å². The lowest BCUT2D eigenvalue weighted by Crippen LogP contribution is -2.13. The second-order valence-electron chi connectivity index (χ2n) is 3.91. The van der Waals surface area contributed by atoms with Crippen LogP contribution >= 0.6 is 0 Å². The summed E-state index contributed by atoms with van der Waals surface area (Å²) in [5.41, 5.74) is 0.336. The van der Waals surface area contributed by atoms with E-state index in [2.05, 4.69) is 9.97 Å². The Bertz CT molecular complexity index is 675. The molecule has 7 heteroatoms. The van der Waals surface area contributed by atoms with Crippen LogP contribution < -0.4 is 4.74 Å². The second kappa shape index (κ2) is 5.60. The number of hydrogen-bond donors (Lipinski definition) is 0. The molecule has 0 radical (unpaired) electrons. The minimum atomic E-state index is -1.38. The van der Waals surface area contributed by atoms with Crippen molar-refractivity contribution in [2.24, 2.45) is 0 Å². The van der Waals surface area contributed by atoms with Crippen molar-refractivity contribution < 1.29 is 23.5 Å². The highest BCUT2D eigenvalue weighted by atomic mass is 19.1. The number of hydrogen-bond acceptors (Lipinski definition) is 6. The maximum absolute atomic E-state index is 13.9. The molecule has 2 aromatic heterocycles. The molecule has 1 unspecified atom stereocenters. The zero-order chi connectivity index (χ0) is 14.7. The third-order valence-electron chi connectivity index (χ3n) is 2.59. The molecule has 0 aliphatic heterocycles. The number of esters is 1. The van der Waals surface area contributed by atoms with E-state index >= 15 is 0 Å². The number of ether oxygens (including phenoxy) is 2. The molecule has 0 fully saturated rings. The van der Waals surface area contributed by atoms with Gasteiger partial charge >= 0.3 is 5.97 Å². The predicted molar refractivity (Wildman–Crippen MR) is 66.6 cm³/mol. The molecule has 2 rings (SSSR count). The number of aromatic nitrogens is 2. The van der Waals surface area contributed by atoms with Gasteiger partial charge in [0.1, 0.15) is 5.52 Å². The molecule has 0 saturated heterocycles. The van der Waals surface area contributed by atoms with E-state index in [9.17, 15) is 14.0 Å². The number of nitrogens with zero attached hydrogens (tertiary/aromatic N) is 2. The average molecular weight is 278 g/mol. The summed E-state index contributed by atoms with van der Waals surface area (Å²) in [6, 6.07) is 3.12. The van der Waals surface area contributed by atoms with Crippen LogP contribution in [0.15, 0.2) is 18.3 Å². The maximum Gasteiger partial charge on any atom is 0.303 e. The van der Waals surface area contributed by atoms with Gasteiger partial charge < -0.3 is 9.47 Å². The van der Waals surface area contributed by atoms with Gasteiger partial charge in [0.25, 0.3) is 0 Å². The minimum Gasteiger partial charge on any atom is -0.481 e. The number of methoxy groups -OCH3 is 1. The highest BCUT2D eigenvalue weighted by molar-refractivity contribution is 5.83. The lowest BCUT2D eigenvalue weighted by atomic mass is 10.1. The normalized spacial score (nSPS) is 11.9. The number of fused-ring (bicyclic) bond motifs is 1. The van der Waals surface area contributed by atoms with E-state index in [0.29, 0.717) is 11.8 Å². The molecule has 0 amide bonds. The molecule has 104 valence electrons. The molecule has 0 aromatic carbocycles. The Morgan fingerprint density at radius 3 is 2.80 bits per heavy atom. The predicted octanol–water partition coefficient (Wildman–Crippen LogP) is 1.58. The third kappa shape index (κ3) is 2.56. The molecular formula is C13H11FN2O4. The zero-order valence-corrected chi connectivity index (χ0v) is 10.8. The van der Waals surface area contributed by atoms with Crippen LogP contribution in [-0.2, 0) is 14.3 Å². The molecule has 20 heavy (non-hydrogen) atoms. The number of aldehydes is 1. The van der Waals surface area contributed by atoms with Crippen molar-refractivity contribution in [3.63, 3.8) is 0 Å². The Morgan fingerprint density at radius 2 is 2.20 bits per heavy atom. The Hall–Kier alpha value is -2.57. The summed E-state index contributed by atoms with van der Waals surface area (Å²) in [6.07, 6.45) is -0.0933. The van der Waals surface area contributed by atoms with E-state index < -0.39 is 17.9 Å². The van der Waals surface area contributed by atoms with E-state index in [1.807, 2.05) is 0 Å². The van der Waals surface area contributed by atoms with Gasteiger partial charge in [-0.25, -0.2) is 9.37 Å². The van der Waals surface area contributed by atoms with E-state index in [-0.39, 0.29) is 17.0 Å². The van der Waals surface area contributed by atoms with Crippen LogP contribution in [0.2, 0.25) is 0 Å². The van der Waals surface area contributed by atoms with Gasteiger partial charge in [0.05, 0.1) is 24.4 Å². The number of carbonyl (C=O) groups excluding carboxylic acids is 2. The molecule has 1 atom stereocenters. The van der Waals surface area contributed by atoms with E-state index in [1.54, 1.807) is 12.1 Å². The van der Waals surface area contributed by atoms with Crippen LogP contribution in [0.5, 0.6) is 5.88 Å². The summed E-state index contributed by atoms with van der Waals surface area (Å²) in [6.45, 7) is 1.13. The number of rotatable bonds is 4. The first-order valence-electron chi connectivity index (χ1n) is 5.68. The molecular weight excluding hydrogens is 267 g/mol. The maximum atomic E-state index is 13.9. The standard InChI is InChI=1S/C13H11FN2O4/c1-7(18)20-10(6-17)12-8(14)5-15-9-3-4-11(19-2)16-13(9)12/h3-6,10H,1-2H3. The molecule has 0 spiro atoms. The summed E-state index contributed by atoms with van der Waals surface area (Å²) in [5.74, 6) is -1.25. The van der Waals surface area contributed by atoms with Crippen molar-refractivity contribution in [3.8, 4) is 5.88 Å². The zero-order valence-electron chi connectivity index (χ0n) is 10.8. The van der Waals surface area contributed by atoms with Crippen LogP contribution in [0.3, 0.4) is 0 Å². The Labute approximate surface area is 113 Å². The topological polar surface area (TPSA) is 78.4 Å². The number of halogens is 1. The van der Waals surface area contributed by atoms with E-state index in [4.69, 9.17) is 9.47 Å². The van der Waals surface area contributed by atoms with Gasteiger partial charge in [-0.1, -0.05) is 0 Å². The SMILES string of the molecule is COc1ccc2ncc(F)c(C(C=O)OC(C)=O)c2n1. The van der Waals surface area contributed by atoms with Crippen LogP contribution in [0, 0.1) is 5.82 Å². The van der Waals surface area contributed by atoms with Crippen LogP contribution in [0.4, 0.5) is 4.39 Å². The summed E-state index contributed by atoms with van der Waals surface area (Å²) in [4.78, 5) is 30.0. The van der Waals surface area contributed by atoms with Gasteiger partial charge in [-0.15, -0.1) is 0 Å². The molecule has 2 heterocycles. The van der Waals surface area contributed by atoms with Gasteiger partial charge in [0, 0.05) is 13.0 Å². The smallest absolute Gasteiger partial charge is 0.303 e. The summed E-state index contributed by atoms with van der Waals surface area (Å²) < 4.78 is 23.7. The Kier molecular flexibility index (Phi) is 3.88. The van der Waals surface area contributed by atoms with Crippen molar-refractivity contribution in [3.05, 3.63) is 29.7 Å². The van der Waals surface area contributed by atoms with Crippen molar-refractivity contribution >= 4 is 23.3 Å². The fraction of sp³-hybridized carbons (Fsp3) is 0.231. The highest BCUT2D eigenvalue weighted by Crippen LogP contribution is 2.27. The summed E-state index contributed by atoms with van der Waals surface area (Å²) in [7, 11) is 1.41. The monoisotopic (exact) mass is 278 g/mol. The molecule has 0 bridgehead atoms. The lowest BCUT2D eigenvalue weighted by Gasteiger charge is -2.14. The van der Waals surface area contributed by atoms with Gasteiger partial charge in [-0.2, -0.15) is 0 Å². The molecule has 0 N–H and O–H groups in total. The average Bonchev–Trinajstić information content (AvgIpc) is 2.44. The summed E-state index contributed by atoms with van der Waals surface area (Å²) >= 11 is 0. The molecule has 0 saturated carbocycles. The minimum absolute atomic E-state index is 0.114. The molecule has 0 aliphatic carbocycles. The number of pyridine rings is 2. The lowest BCUT2D eigenvalue weighted by molar-refractivity contribution is -0.149.